The molecule has 1 unspecified atom stereocenters. The van der Waals surface area contributed by atoms with Crippen LogP contribution in [0.15, 0.2) is 48.1 Å². The number of aryl methyl sites for hydroxylation is 1. The monoisotopic (exact) mass is 586 g/mol. The summed E-state index contributed by atoms with van der Waals surface area (Å²) < 4.78 is 23.9. The van der Waals surface area contributed by atoms with E-state index in [2.05, 4.69) is 49.1 Å². The van der Waals surface area contributed by atoms with E-state index in [1.54, 1.807) is 12.2 Å². The van der Waals surface area contributed by atoms with Crippen molar-refractivity contribution in [1.82, 2.24) is 15.3 Å². The zero-order valence-corrected chi connectivity index (χ0v) is 28.2. The molecule has 7 heteroatoms. The molecular formula is C34H58N4O2S. The number of para-hydroxylation sites is 1. The van der Waals surface area contributed by atoms with Crippen LogP contribution in [0.2, 0.25) is 0 Å². The second-order valence-electron chi connectivity index (χ2n) is 11.4. The number of hydrogen-bond acceptors (Lipinski definition) is 6. The fourth-order valence-corrected chi connectivity index (χ4v) is 6.11. The van der Waals surface area contributed by atoms with Crippen molar-refractivity contribution in [3.63, 3.8) is 0 Å². The standard InChI is InChI=1S/C16H31NO2S.C11H13N3.C7H14/c1-4-6-13-20(18,19)14(3)11-12-17-16-9-7-15(5-2)8-10-16;1-8-12-10-7-5-4-6-9(10)11(13-8)14(2)3;1-4-6-7(3)5-2/h4,6,14-17H,5,7-13H2,1-3H3;4-7H,1-3H3;6H,4-5H2,1-3H3/b6-4-;;7-6+. The predicted molar refractivity (Wildman–Crippen MR) is 180 cm³/mol. The van der Waals surface area contributed by atoms with Gasteiger partial charge in [-0.3, -0.25) is 0 Å². The third-order valence-corrected chi connectivity index (χ3v) is 9.93. The molecule has 3 rings (SSSR count). The predicted octanol–water partition coefficient (Wildman–Crippen LogP) is 8.07. The Labute approximate surface area is 252 Å². The Bertz CT molecular complexity index is 1170. The van der Waals surface area contributed by atoms with Crippen molar-refractivity contribution in [3.05, 3.63) is 53.9 Å². The van der Waals surface area contributed by atoms with Crippen LogP contribution in [0.1, 0.15) is 98.7 Å². The van der Waals surface area contributed by atoms with Gasteiger partial charge in [-0.25, -0.2) is 18.4 Å². The van der Waals surface area contributed by atoms with Crippen molar-refractivity contribution < 1.29 is 8.42 Å². The van der Waals surface area contributed by atoms with Gasteiger partial charge >= 0.3 is 0 Å². The first kappa shape index (κ1) is 36.8. The number of hydrogen-bond donors (Lipinski definition) is 1. The number of allylic oxidation sites excluding steroid dienone is 3. The molecule has 1 aliphatic rings. The first-order valence-corrected chi connectivity index (χ1v) is 17.3. The van der Waals surface area contributed by atoms with Crippen LogP contribution in [-0.4, -0.2) is 56.1 Å². The molecule has 1 atom stereocenters. The summed E-state index contributed by atoms with van der Waals surface area (Å²) in [6, 6.07) is 8.66. The molecule has 1 aromatic carbocycles. The van der Waals surface area contributed by atoms with Crippen molar-refractivity contribution in [2.24, 2.45) is 5.92 Å². The van der Waals surface area contributed by atoms with Gasteiger partial charge in [0.15, 0.2) is 9.84 Å². The molecule has 1 saturated carbocycles. The van der Waals surface area contributed by atoms with Gasteiger partial charge in [-0.05, 0) is 97.2 Å². The van der Waals surface area contributed by atoms with Crippen LogP contribution in [0, 0.1) is 12.8 Å². The molecule has 0 radical (unpaired) electrons. The Morgan fingerprint density at radius 2 is 1.76 bits per heavy atom. The van der Waals surface area contributed by atoms with Crippen LogP contribution in [0.5, 0.6) is 0 Å². The van der Waals surface area contributed by atoms with Crippen molar-refractivity contribution in [2.45, 2.75) is 111 Å². The molecule has 2 aromatic rings. The maximum Gasteiger partial charge on any atom is 0.156 e. The smallest absolute Gasteiger partial charge is 0.156 e. The summed E-state index contributed by atoms with van der Waals surface area (Å²) in [4.78, 5) is 10.8. The number of nitrogens with one attached hydrogen (secondary N) is 1. The molecule has 232 valence electrons. The third kappa shape index (κ3) is 14.0. The van der Waals surface area contributed by atoms with E-state index in [0.717, 1.165) is 35.0 Å². The number of benzene rings is 1. The molecular weight excluding hydrogens is 528 g/mol. The fourth-order valence-electron chi connectivity index (χ4n) is 4.85. The number of aromatic nitrogens is 2. The molecule has 1 aromatic heterocycles. The van der Waals surface area contributed by atoms with Crippen LogP contribution < -0.4 is 10.2 Å². The van der Waals surface area contributed by atoms with Crippen molar-refractivity contribution in [2.75, 3.05) is 31.3 Å². The van der Waals surface area contributed by atoms with Crippen LogP contribution >= 0.6 is 0 Å². The van der Waals surface area contributed by atoms with E-state index >= 15 is 0 Å². The highest BCUT2D eigenvalue weighted by molar-refractivity contribution is 7.92. The van der Waals surface area contributed by atoms with E-state index in [0.29, 0.717) is 12.5 Å². The van der Waals surface area contributed by atoms with Gasteiger partial charge in [0, 0.05) is 25.5 Å². The molecule has 0 amide bonds. The maximum absolute atomic E-state index is 12.0. The third-order valence-electron chi connectivity index (χ3n) is 7.81. The largest absolute Gasteiger partial charge is 0.362 e. The highest BCUT2D eigenvalue weighted by Crippen LogP contribution is 2.26. The lowest BCUT2D eigenvalue weighted by molar-refractivity contribution is 0.286. The zero-order valence-electron chi connectivity index (χ0n) is 27.4. The van der Waals surface area contributed by atoms with E-state index in [1.807, 2.05) is 64.0 Å². The number of nitrogens with zero attached hydrogens (tertiary/aromatic N) is 3. The molecule has 0 aliphatic heterocycles. The summed E-state index contributed by atoms with van der Waals surface area (Å²) in [6.45, 7) is 15.2. The molecule has 0 saturated heterocycles. The van der Waals surface area contributed by atoms with Crippen LogP contribution in [-0.2, 0) is 9.84 Å². The van der Waals surface area contributed by atoms with E-state index in [4.69, 9.17) is 0 Å². The van der Waals surface area contributed by atoms with Gasteiger partial charge < -0.3 is 10.2 Å². The molecule has 1 heterocycles. The van der Waals surface area contributed by atoms with Gasteiger partial charge in [-0.15, -0.1) is 0 Å². The zero-order chi connectivity index (χ0) is 30.8. The summed E-state index contributed by atoms with van der Waals surface area (Å²) >= 11 is 0. The SMILES string of the molecule is C/C=C\CS(=O)(=O)C(C)CCNC1CCC(CC)CC1.CC/C=C(\C)CC.Cc1nc(N(C)C)c2ccccc2n1. The molecule has 1 aliphatic carbocycles. The molecule has 1 fully saturated rings. The van der Waals surface area contributed by atoms with Crippen LogP contribution in [0.25, 0.3) is 10.9 Å². The number of rotatable bonds is 11. The lowest BCUT2D eigenvalue weighted by atomic mass is 9.84. The molecule has 1 N–H and O–H groups in total. The highest BCUT2D eigenvalue weighted by Gasteiger charge is 2.22. The number of anilines is 1. The minimum Gasteiger partial charge on any atom is -0.362 e. The molecule has 6 nitrogen and oxygen atoms in total. The number of fused-ring (bicyclic) bond motifs is 1. The first-order valence-electron chi connectivity index (χ1n) is 15.6. The lowest BCUT2D eigenvalue weighted by Crippen LogP contribution is -2.35. The average Bonchev–Trinajstić information content (AvgIpc) is 2.96. The topological polar surface area (TPSA) is 75.2 Å². The summed E-state index contributed by atoms with van der Waals surface area (Å²) in [6.07, 6.45) is 15.3. The summed E-state index contributed by atoms with van der Waals surface area (Å²) in [7, 11) is 1.02. The summed E-state index contributed by atoms with van der Waals surface area (Å²) in [5, 5.41) is 4.39. The summed E-state index contributed by atoms with van der Waals surface area (Å²) in [5.74, 6) is 2.88. The summed E-state index contributed by atoms with van der Waals surface area (Å²) in [5.41, 5.74) is 2.51. The van der Waals surface area contributed by atoms with Gasteiger partial charge in [0.2, 0.25) is 0 Å². The minimum absolute atomic E-state index is 0.173. The first-order chi connectivity index (χ1) is 19.5. The minimum atomic E-state index is -2.96. The molecule has 41 heavy (non-hydrogen) atoms. The highest BCUT2D eigenvalue weighted by atomic mass is 32.2. The van der Waals surface area contributed by atoms with Gasteiger partial charge in [0.05, 0.1) is 16.5 Å². The Morgan fingerprint density at radius 3 is 2.29 bits per heavy atom. The van der Waals surface area contributed by atoms with Crippen LogP contribution in [0.4, 0.5) is 5.82 Å². The van der Waals surface area contributed by atoms with Crippen molar-refractivity contribution >= 4 is 26.6 Å². The fraction of sp³-hybridized carbons (Fsp3) is 0.647. The Kier molecular flexibility index (Phi) is 17.8. The average molecular weight is 587 g/mol. The maximum atomic E-state index is 12.0. The quantitative estimate of drug-likeness (QED) is 0.268. The van der Waals surface area contributed by atoms with Crippen molar-refractivity contribution in [3.8, 4) is 0 Å². The van der Waals surface area contributed by atoms with Crippen molar-refractivity contribution in [1.29, 1.82) is 0 Å². The van der Waals surface area contributed by atoms with E-state index < -0.39 is 9.84 Å². The lowest BCUT2D eigenvalue weighted by Gasteiger charge is -2.28. The van der Waals surface area contributed by atoms with Gasteiger partial charge in [0.1, 0.15) is 11.6 Å². The van der Waals surface area contributed by atoms with Crippen LogP contribution in [0.3, 0.4) is 0 Å². The Morgan fingerprint density at radius 1 is 1.10 bits per heavy atom. The second-order valence-corrected chi connectivity index (χ2v) is 13.9. The van der Waals surface area contributed by atoms with E-state index in [-0.39, 0.29) is 11.0 Å². The molecule has 0 bridgehead atoms. The Balaban J connectivity index is 0.000000345. The van der Waals surface area contributed by atoms with E-state index in [9.17, 15) is 8.42 Å². The van der Waals surface area contributed by atoms with E-state index in [1.165, 1.54) is 50.5 Å². The number of sulfone groups is 1. The normalized spacial score (nSPS) is 18.3. The second kappa shape index (κ2) is 19.8. The van der Waals surface area contributed by atoms with Gasteiger partial charge in [-0.1, -0.05) is 63.1 Å². The molecule has 0 spiro atoms. The Hall–Kier alpha value is -2.25. The van der Waals surface area contributed by atoms with Gasteiger partial charge in [-0.2, -0.15) is 0 Å². The van der Waals surface area contributed by atoms with Gasteiger partial charge in [0.25, 0.3) is 0 Å².